The van der Waals surface area contributed by atoms with Crippen molar-refractivity contribution in [2.75, 3.05) is 34.4 Å². The molecule has 6 nitrogen and oxygen atoms in total. The van der Waals surface area contributed by atoms with Crippen LogP contribution in [0.15, 0.2) is 47.5 Å². The maximum atomic E-state index is 5.75. The minimum atomic E-state index is 0.0514. The number of methoxy groups -OCH3 is 2. The summed E-state index contributed by atoms with van der Waals surface area (Å²) in [4.78, 5) is 4.29. The van der Waals surface area contributed by atoms with Gasteiger partial charge in [0.05, 0.1) is 33.5 Å². The van der Waals surface area contributed by atoms with Crippen LogP contribution in [0.4, 0.5) is 0 Å². The molecule has 0 saturated carbocycles. The van der Waals surface area contributed by atoms with Gasteiger partial charge >= 0.3 is 0 Å². The van der Waals surface area contributed by atoms with Gasteiger partial charge in [0.2, 0.25) is 0 Å². The summed E-state index contributed by atoms with van der Waals surface area (Å²) >= 11 is 0. The van der Waals surface area contributed by atoms with E-state index >= 15 is 0 Å². The first-order valence-corrected chi connectivity index (χ1v) is 9.40. The molecule has 152 valence electrons. The first-order chi connectivity index (χ1) is 13.6. The number of hydrogen-bond acceptors (Lipinski definition) is 4. The number of aryl methyl sites for hydroxylation is 1. The molecule has 1 atom stereocenters. The van der Waals surface area contributed by atoms with E-state index in [2.05, 4.69) is 35.5 Å². The summed E-state index contributed by atoms with van der Waals surface area (Å²) in [6, 6.07) is 14.1. The van der Waals surface area contributed by atoms with Crippen LogP contribution in [-0.2, 0) is 11.3 Å². The number of rotatable bonds is 9. The standard InChI is InChI=1S/C22H31N3O3/c1-16-10-11-21(27-5)19(14-16)17(2)25-22(23-3)24-12-13-28-15-18-8-6-7-9-20(18)26-4/h6-11,14,17H,12-13,15H2,1-5H3,(H2,23,24,25). The summed E-state index contributed by atoms with van der Waals surface area (Å²) in [5.74, 6) is 2.42. The van der Waals surface area contributed by atoms with E-state index in [1.165, 1.54) is 5.56 Å². The summed E-state index contributed by atoms with van der Waals surface area (Å²) in [7, 11) is 5.11. The first kappa shape index (κ1) is 21.6. The van der Waals surface area contributed by atoms with Crippen molar-refractivity contribution in [1.29, 1.82) is 0 Å². The molecule has 0 aliphatic carbocycles. The van der Waals surface area contributed by atoms with Crippen LogP contribution in [0.1, 0.15) is 29.7 Å². The molecule has 0 saturated heterocycles. The number of ether oxygens (including phenoxy) is 3. The van der Waals surface area contributed by atoms with E-state index in [0.29, 0.717) is 19.8 Å². The average Bonchev–Trinajstić information content (AvgIpc) is 2.72. The van der Waals surface area contributed by atoms with E-state index < -0.39 is 0 Å². The average molecular weight is 386 g/mol. The molecule has 2 rings (SSSR count). The lowest BCUT2D eigenvalue weighted by atomic mass is 10.0. The minimum Gasteiger partial charge on any atom is -0.496 e. The molecule has 0 amide bonds. The van der Waals surface area contributed by atoms with Gasteiger partial charge in [-0.25, -0.2) is 0 Å². The summed E-state index contributed by atoms with van der Waals surface area (Å²) < 4.78 is 16.6. The molecule has 28 heavy (non-hydrogen) atoms. The van der Waals surface area contributed by atoms with Crippen LogP contribution in [0.2, 0.25) is 0 Å². The van der Waals surface area contributed by atoms with Crippen LogP contribution in [0.25, 0.3) is 0 Å². The van der Waals surface area contributed by atoms with E-state index in [-0.39, 0.29) is 6.04 Å². The van der Waals surface area contributed by atoms with Crippen LogP contribution in [-0.4, -0.2) is 40.4 Å². The van der Waals surface area contributed by atoms with Gasteiger partial charge in [-0.05, 0) is 26.0 Å². The molecular weight excluding hydrogens is 354 g/mol. The Morgan fingerprint density at radius 2 is 1.82 bits per heavy atom. The molecule has 2 N–H and O–H groups in total. The third-order valence-corrected chi connectivity index (χ3v) is 4.42. The van der Waals surface area contributed by atoms with Gasteiger partial charge in [-0.2, -0.15) is 0 Å². The molecule has 0 radical (unpaired) electrons. The topological polar surface area (TPSA) is 64.1 Å². The largest absolute Gasteiger partial charge is 0.496 e. The van der Waals surface area contributed by atoms with E-state index in [4.69, 9.17) is 14.2 Å². The molecule has 0 bridgehead atoms. The van der Waals surface area contributed by atoms with Crippen molar-refractivity contribution in [3.63, 3.8) is 0 Å². The maximum Gasteiger partial charge on any atom is 0.191 e. The highest BCUT2D eigenvalue weighted by Crippen LogP contribution is 2.25. The second-order valence-electron chi connectivity index (χ2n) is 6.47. The second-order valence-corrected chi connectivity index (χ2v) is 6.47. The van der Waals surface area contributed by atoms with E-state index in [1.54, 1.807) is 21.3 Å². The van der Waals surface area contributed by atoms with Crippen molar-refractivity contribution in [3.05, 3.63) is 59.2 Å². The predicted molar refractivity (Wildman–Crippen MR) is 113 cm³/mol. The Morgan fingerprint density at radius 3 is 2.54 bits per heavy atom. The highest BCUT2D eigenvalue weighted by Gasteiger charge is 2.13. The van der Waals surface area contributed by atoms with Gasteiger partial charge in [-0.1, -0.05) is 35.9 Å². The number of hydrogen-bond donors (Lipinski definition) is 2. The number of aliphatic imine (C=N–C) groups is 1. The Labute approximate surface area is 167 Å². The highest BCUT2D eigenvalue weighted by atomic mass is 16.5. The smallest absolute Gasteiger partial charge is 0.191 e. The molecule has 0 heterocycles. The van der Waals surface area contributed by atoms with Crippen molar-refractivity contribution >= 4 is 5.96 Å². The number of para-hydroxylation sites is 1. The fraction of sp³-hybridized carbons (Fsp3) is 0.409. The third kappa shape index (κ3) is 6.16. The molecule has 0 aliphatic heterocycles. The lowest BCUT2D eigenvalue weighted by Crippen LogP contribution is -2.40. The normalized spacial score (nSPS) is 12.4. The lowest BCUT2D eigenvalue weighted by Gasteiger charge is -2.20. The zero-order valence-corrected chi connectivity index (χ0v) is 17.4. The zero-order valence-electron chi connectivity index (χ0n) is 17.4. The van der Waals surface area contributed by atoms with E-state index in [9.17, 15) is 0 Å². The van der Waals surface area contributed by atoms with Crippen LogP contribution < -0.4 is 20.1 Å². The number of benzene rings is 2. The van der Waals surface area contributed by atoms with Crippen LogP contribution >= 0.6 is 0 Å². The zero-order chi connectivity index (χ0) is 20.4. The number of guanidine groups is 1. The van der Waals surface area contributed by atoms with E-state index in [0.717, 1.165) is 28.6 Å². The predicted octanol–water partition coefficient (Wildman–Crippen LogP) is 3.46. The van der Waals surface area contributed by atoms with Crippen LogP contribution in [0, 0.1) is 6.92 Å². The van der Waals surface area contributed by atoms with Gasteiger partial charge in [-0.3, -0.25) is 4.99 Å². The summed E-state index contributed by atoms with van der Waals surface area (Å²) in [6.45, 7) is 5.87. The number of nitrogens with zero attached hydrogens (tertiary/aromatic N) is 1. The summed E-state index contributed by atoms with van der Waals surface area (Å²) in [5.41, 5.74) is 3.32. The molecule has 1 unspecified atom stereocenters. The monoisotopic (exact) mass is 385 g/mol. The van der Waals surface area contributed by atoms with Crippen LogP contribution in [0.5, 0.6) is 11.5 Å². The molecule has 0 fully saturated rings. The molecule has 2 aromatic rings. The van der Waals surface area contributed by atoms with Gasteiger partial charge in [0, 0.05) is 24.7 Å². The Hall–Kier alpha value is -2.73. The Morgan fingerprint density at radius 1 is 1.07 bits per heavy atom. The molecule has 0 aromatic heterocycles. The maximum absolute atomic E-state index is 5.75. The highest BCUT2D eigenvalue weighted by molar-refractivity contribution is 5.80. The fourth-order valence-electron chi connectivity index (χ4n) is 2.92. The van der Waals surface area contributed by atoms with Crippen molar-refractivity contribution < 1.29 is 14.2 Å². The number of nitrogens with one attached hydrogen (secondary N) is 2. The van der Waals surface area contributed by atoms with Crippen LogP contribution in [0.3, 0.4) is 0 Å². The second kappa shape index (κ2) is 11.2. The lowest BCUT2D eigenvalue weighted by molar-refractivity contribution is 0.123. The first-order valence-electron chi connectivity index (χ1n) is 9.40. The molecule has 0 aliphatic rings. The minimum absolute atomic E-state index is 0.0514. The molecule has 0 spiro atoms. The van der Waals surface area contributed by atoms with Gasteiger partial charge < -0.3 is 24.8 Å². The Bertz CT molecular complexity index is 777. The Balaban J connectivity index is 1.81. The van der Waals surface area contributed by atoms with Gasteiger partial charge in [0.1, 0.15) is 11.5 Å². The molecule has 6 heteroatoms. The van der Waals surface area contributed by atoms with Crippen molar-refractivity contribution in [2.24, 2.45) is 4.99 Å². The van der Waals surface area contributed by atoms with Gasteiger partial charge in [0.15, 0.2) is 5.96 Å². The molecular formula is C22H31N3O3. The molecule has 2 aromatic carbocycles. The van der Waals surface area contributed by atoms with Crippen molar-refractivity contribution in [2.45, 2.75) is 26.5 Å². The summed E-state index contributed by atoms with van der Waals surface area (Å²) in [6.07, 6.45) is 0. The SMILES string of the molecule is CN=C(NCCOCc1ccccc1OC)NC(C)c1cc(C)ccc1OC. The van der Waals surface area contributed by atoms with Crippen molar-refractivity contribution in [1.82, 2.24) is 10.6 Å². The summed E-state index contributed by atoms with van der Waals surface area (Å²) in [5, 5.41) is 6.67. The van der Waals surface area contributed by atoms with Gasteiger partial charge in [0.25, 0.3) is 0 Å². The Kier molecular flexibility index (Phi) is 8.62. The quantitative estimate of drug-likeness (QED) is 0.393. The van der Waals surface area contributed by atoms with Gasteiger partial charge in [-0.15, -0.1) is 0 Å². The van der Waals surface area contributed by atoms with E-state index in [1.807, 2.05) is 36.4 Å². The van der Waals surface area contributed by atoms with Crippen molar-refractivity contribution in [3.8, 4) is 11.5 Å². The third-order valence-electron chi connectivity index (χ3n) is 4.42. The fourth-order valence-corrected chi connectivity index (χ4v) is 2.92.